The molecule has 0 atom stereocenters. The quantitative estimate of drug-likeness (QED) is 0.663. The SMILES string of the molecule is C=C1NCC(C(C)C)=C1C(C)C. The second kappa shape index (κ2) is 3.34. The Labute approximate surface area is 75.6 Å². The highest BCUT2D eigenvalue weighted by molar-refractivity contribution is 5.40. The summed E-state index contributed by atoms with van der Waals surface area (Å²) >= 11 is 0. The lowest BCUT2D eigenvalue weighted by Crippen LogP contribution is -2.08. The van der Waals surface area contributed by atoms with Gasteiger partial charge in [0.25, 0.3) is 0 Å². The zero-order valence-corrected chi connectivity index (χ0v) is 8.57. The largest absolute Gasteiger partial charge is 0.382 e. The Morgan fingerprint density at radius 3 is 2.08 bits per heavy atom. The van der Waals surface area contributed by atoms with Crippen LogP contribution in [0.1, 0.15) is 27.7 Å². The fourth-order valence-corrected chi connectivity index (χ4v) is 1.82. The second-order valence-electron chi connectivity index (χ2n) is 4.08. The van der Waals surface area contributed by atoms with Crippen molar-refractivity contribution in [1.82, 2.24) is 5.32 Å². The van der Waals surface area contributed by atoms with Crippen molar-refractivity contribution < 1.29 is 0 Å². The van der Waals surface area contributed by atoms with Gasteiger partial charge in [-0.25, -0.2) is 0 Å². The highest BCUT2D eigenvalue weighted by Gasteiger charge is 2.21. The van der Waals surface area contributed by atoms with E-state index >= 15 is 0 Å². The molecule has 1 rings (SSSR count). The van der Waals surface area contributed by atoms with Crippen LogP contribution in [0.15, 0.2) is 23.4 Å². The van der Waals surface area contributed by atoms with Crippen LogP contribution < -0.4 is 5.32 Å². The summed E-state index contributed by atoms with van der Waals surface area (Å²) in [5.74, 6) is 1.25. The van der Waals surface area contributed by atoms with Gasteiger partial charge in [0.15, 0.2) is 0 Å². The van der Waals surface area contributed by atoms with Crippen molar-refractivity contribution in [3.8, 4) is 0 Å². The maximum atomic E-state index is 4.02. The molecule has 0 fully saturated rings. The summed E-state index contributed by atoms with van der Waals surface area (Å²) in [6, 6.07) is 0. The molecule has 1 aliphatic rings. The Hall–Kier alpha value is -0.720. The Bertz CT molecular complexity index is 221. The average Bonchev–Trinajstić information content (AvgIpc) is 2.30. The van der Waals surface area contributed by atoms with E-state index in [0.717, 1.165) is 12.2 Å². The Balaban J connectivity index is 2.98. The zero-order valence-electron chi connectivity index (χ0n) is 8.57. The van der Waals surface area contributed by atoms with E-state index in [1.807, 2.05) is 0 Å². The first-order valence-electron chi connectivity index (χ1n) is 4.70. The molecular formula is C11H19N. The maximum Gasteiger partial charge on any atom is 0.0369 e. The van der Waals surface area contributed by atoms with Gasteiger partial charge in [0.2, 0.25) is 0 Å². The van der Waals surface area contributed by atoms with Crippen molar-refractivity contribution >= 4 is 0 Å². The highest BCUT2D eigenvalue weighted by Crippen LogP contribution is 2.29. The molecule has 0 aliphatic carbocycles. The molecule has 0 aromatic carbocycles. The lowest BCUT2D eigenvalue weighted by Gasteiger charge is -2.12. The van der Waals surface area contributed by atoms with E-state index in [9.17, 15) is 0 Å². The zero-order chi connectivity index (χ0) is 9.30. The van der Waals surface area contributed by atoms with E-state index in [1.165, 1.54) is 11.1 Å². The minimum Gasteiger partial charge on any atom is -0.382 e. The first kappa shape index (κ1) is 9.37. The topological polar surface area (TPSA) is 12.0 Å². The lowest BCUT2D eigenvalue weighted by atomic mass is 9.92. The van der Waals surface area contributed by atoms with Crippen LogP contribution in [0.4, 0.5) is 0 Å². The van der Waals surface area contributed by atoms with Crippen LogP contribution in [0.2, 0.25) is 0 Å². The second-order valence-corrected chi connectivity index (χ2v) is 4.08. The van der Waals surface area contributed by atoms with E-state index in [2.05, 4.69) is 39.6 Å². The molecule has 0 spiro atoms. The number of hydrogen-bond acceptors (Lipinski definition) is 1. The Kier molecular flexibility index (Phi) is 2.61. The number of hydrogen-bond donors (Lipinski definition) is 1. The third kappa shape index (κ3) is 1.55. The summed E-state index contributed by atoms with van der Waals surface area (Å²) < 4.78 is 0. The fourth-order valence-electron chi connectivity index (χ4n) is 1.82. The van der Waals surface area contributed by atoms with Gasteiger partial charge >= 0.3 is 0 Å². The van der Waals surface area contributed by atoms with Crippen molar-refractivity contribution in [3.63, 3.8) is 0 Å². The van der Waals surface area contributed by atoms with Crippen LogP contribution in [0.5, 0.6) is 0 Å². The van der Waals surface area contributed by atoms with Crippen molar-refractivity contribution in [2.24, 2.45) is 11.8 Å². The molecule has 0 radical (unpaired) electrons. The van der Waals surface area contributed by atoms with E-state index in [1.54, 1.807) is 0 Å². The van der Waals surface area contributed by atoms with Gasteiger partial charge in [-0.3, -0.25) is 0 Å². The van der Waals surface area contributed by atoms with E-state index < -0.39 is 0 Å². The van der Waals surface area contributed by atoms with E-state index in [4.69, 9.17) is 0 Å². The normalized spacial score (nSPS) is 18.0. The van der Waals surface area contributed by atoms with Gasteiger partial charge in [-0.1, -0.05) is 34.3 Å². The predicted octanol–water partition coefficient (Wildman–Crippen LogP) is 2.71. The standard InChI is InChI=1S/C11H19N/c1-7(2)10-6-12-9(5)11(10)8(3)4/h7-8,12H,5-6H2,1-4H3. The molecule has 1 nitrogen and oxygen atoms in total. The first-order chi connectivity index (χ1) is 5.54. The number of nitrogens with one attached hydrogen (secondary N) is 1. The third-order valence-corrected chi connectivity index (χ3v) is 2.44. The summed E-state index contributed by atoms with van der Waals surface area (Å²) in [5.41, 5.74) is 4.12. The fraction of sp³-hybridized carbons (Fsp3) is 0.636. The Morgan fingerprint density at radius 1 is 1.17 bits per heavy atom. The van der Waals surface area contributed by atoms with Crippen LogP contribution in [0.3, 0.4) is 0 Å². The van der Waals surface area contributed by atoms with Crippen molar-refractivity contribution in [2.45, 2.75) is 27.7 Å². The van der Waals surface area contributed by atoms with Crippen LogP contribution in [0, 0.1) is 11.8 Å². The van der Waals surface area contributed by atoms with Crippen LogP contribution >= 0.6 is 0 Å². The third-order valence-electron chi connectivity index (χ3n) is 2.44. The predicted molar refractivity (Wildman–Crippen MR) is 53.8 cm³/mol. The summed E-state index contributed by atoms with van der Waals surface area (Å²) in [4.78, 5) is 0. The van der Waals surface area contributed by atoms with Crippen molar-refractivity contribution in [1.29, 1.82) is 0 Å². The molecule has 1 heterocycles. The van der Waals surface area contributed by atoms with Crippen LogP contribution in [-0.4, -0.2) is 6.54 Å². The minimum absolute atomic E-state index is 0.602. The van der Waals surface area contributed by atoms with Gasteiger partial charge in [-0.2, -0.15) is 0 Å². The lowest BCUT2D eigenvalue weighted by molar-refractivity contribution is 0.708. The minimum atomic E-state index is 0.602. The van der Waals surface area contributed by atoms with Gasteiger partial charge < -0.3 is 5.32 Å². The molecule has 1 N–H and O–H groups in total. The number of allylic oxidation sites excluding steroid dienone is 1. The van der Waals surface area contributed by atoms with E-state index in [-0.39, 0.29) is 0 Å². The van der Waals surface area contributed by atoms with Crippen molar-refractivity contribution in [2.75, 3.05) is 6.54 Å². The maximum absolute atomic E-state index is 4.02. The molecule has 0 amide bonds. The summed E-state index contributed by atoms with van der Waals surface area (Å²) in [6.45, 7) is 14.0. The molecule has 0 unspecified atom stereocenters. The molecule has 1 aliphatic heterocycles. The van der Waals surface area contributed by atoms with Crippen LogP contribution in [0.25, 0.3) is 0 Å². The average molecular weight is 165 g/mol. The molecule has 68 valence electrons. The summed E-state index contributed by atoms with van der Waals surface area (Å²) in [5, 5.41) is 3.31. The van der Waals surface area contributed by atoms with Crippen LogP contribution in [-0.2, 0) is 0 Å². The van der Waals surface area contributed by atoms with Gasteiger partial charge in [-0.15, -0.1) is 0 Å². The molecule has 0 aromatic heterocycles. The Morgan fingerprint density at radius 2 is 1.75 bits per heavy atom. The first-order valence-corrected chi connectivity index (χ1v) is 4.70. The molecule has 12 heavy (non-hydrogen) atoms. The number of rotatable bonds is 2. The van der Waals surface area contributed by atoms with Crippen molar-refractivity contribution in [3.05, 3.63) is 23.4 Å². The van der Waals surface area contributed by atoms with Gasteiger partial charge in [0.05, 0.1) is 0 Å². The van der Waals surface area contributed by atoms with E-state index in [0.29, 0.717) is 11.8 Å². The molecule has 0 saturated carbocycles. The summed E-state index contributed by atoms with van der Waals surface area (Å²) in [6.07, 6.45) is 0. The molecule has 0 bridgehead atoms. The molecule has 1 heteroatoms. The smallest absolute Gasteiger partial charge is 0.0369 e. The van der Waals surface area contributed by atoms with Gasteiger partial charge in [0.1, 0.15) is 0 Å². The van der Waals surface area contributed by atoms with Gasteiger partial charge in [-0.05, 0) is 23.0 Å². The molecule has 0 aromatic rings. The molecule has 0 saturated heterocycles. The van der Waals surface area contributed by atoms with Gasteiger partial charge in [0, 0.05) is 12.2 Å². The highest BCUT2D eigenvalue weighted by atomic mass is 14.9. The monoisotopic (exact) mass is 165 g/mol. The molecular weight excluding hydrogens is 146 g/mol. The summed E-state index contributed by atoms with van der Waals surface area (Å²) in [7, 11) is 0.